The van der Waals surface area contributed by atoms with E-state index in [1.807, 2.05) is 0 Å². The van der Waals surface area contributed by atoms with Gasteiger partial charge in [0, 0.05) is 11.6 Å². The van der Waals surface area contributed by atoms with Crippen molar-refractivity contribution in [3.05, 3.63) is 29.8 Å². The van der Waals surface area contributed by atoms with Gasteiger partial charge in [0.25, 0.3) is 0 Å². The summed E-state index contributed by atoms with van der Waals surface area (Å²) in [5.41, 5.74) is 2.96. The maximum absolute atomic E-state index is 2.26. The van der Waals surface area contributed by atoms with Crippen LogP contribution < -0.4 is 0 Å². The van der Waals surface area contributed by atoms with Gasteiger partial charge in [0.2, 0.25) is 5.69 Å². The standard InChI is InChI=1S/C11H14N/c1-11(2)8-12(3)10-7-5-4-6-9(10)11/h4-8H,1-3H3/q+1. The zero-order chi connectivity index (χ0) is 8.77. The lowest BCUT2D eigenvalue weighted by atomic mass is 9.87. The summed E-state index contributed by atoms with van der Waals surface area (Å²) in [7, 11) is 2.10. The summed E-state index contributed by atoms with van der Waals surface area (Å²) < 4.78 is 2.20. The van der Waals surface area contributed by atoms with Gasteiger partial charge in [-0.25, -0.2) is 4.58 Å². The number of benzene rings is 1. The van der Waals surface area contributed by atoms with E-state index in [1.165, 1.54) is 11.3 Å². The number of hydrogen-bond donors (Lipinski definition) is 0. The van der Waals surface area contributed by atoms with E-state index < -0.39 is 0 Å². The molecule has 1 aliphatic heterocycles. The Morgan fingerprint density at radius 1 is 1.17 bits per heavy atom. The summed E-state index contributed by atoms with van der Waals surface area (Å²) in [4.78, 5) is 0. The van der Waals surface area contributed by atoms with Gasteiger partial charge in [0.05, 0.1) is 5.41 Å². The molecular weight excluding hydrogens is 146 g/mol. The van der Waals surface area contributed by atoms with Gasteiger partial charge in [-0.2, -0.15) is 0 Å². The van der Waals surface area contributed by atoms with E-state index in [0.717, 1.165) is 0 Å². The van der Waals surface area contributed by atoms with E-state index in [0.29, 0.717) is 0 Å². The Kier molecular flexibility index (Phi) is 1.38. The summed E-state index contributed by atoms with van der Waals surface area (Å²) in [5, 5.41) is 0. The molecule has 0 unspecified atom stereocenters. The molecule has 12 heavy (non-hydrogen) atoms. The van der Waals surface area contributed by atoms with E-state index in [2.05, 4.69) is 56.0 Å². The number of fused-ring (bicyclic) bond motifs is 1. The van der Waals surface area contributed by atoms with Crippen LogP contribution in [-0.2, 0) is 5.41 Å². The fraction of sp³-hybridized carbons (Fsp3) is 0.364. The summed E-state index contributed by atoms with van der Waals surface area (Å²) in [6.07, 6.45) is 2.26. The average molecular weight is 160 g/mol. The zero-order valence-corrected chi connectivity index (χ0v) is 7.83. The van der Waals surface area contributed by atoms with Crippen molar-refractivity contribution in [3.8, 4) is 0 Å². The predicted octanol–water partition coefficient (Wildman–Crippen LogP) is 2.32. The molecule has 0 fully saturated rings. The van der Waals surface area contributed by atoms with Crippen LogP contribution in [0.1, 0.15) is 19.4 Å². The number of rotatable bonds is 0. The van der Waals surface area contributed by atoms with Gasteiger partial charge in [-0.05, 0) is 13.8 Å². The van der Waals surface area contributed by atoms with Crippen molar-refractivity contribution >= 4 is 11.9 Å². The minimum absolute atomic E-state index is 0.200. The first-order chi connectivity index (χ1) is 5.61. The molecule has 62 valence electrons. The minimum Gasteiger partial charge on any atom is -0.204 e. The van der Waals surface area contributed by atoms with Crippen molar-refractivity contribution in [1.82, 2.24) is 0 Å². The molecule has 0 saturated heterocycles. The smallest absolute Gasteiger partial charge is 0.204 e. The second kappa shape index (κ2) is 2.19. The molecule has 0 bridgehead atoms. The van der Waals surface area contributed by atoms with Gasteiger partial charge in [-0.3, -0.25) is 0 Å². The molecule has 1 heteroatoms. The third kappa shape index (κ3) is 0.893. The molecule has 1 aromatic carbocycles. The molecule has 0 aromatic heterocycles. The van der Waals surface area contributed by atoms with Gasteiger partial charge in [-0.1, -0.05) is 18.2 Å². The van der Waals surface area contributed by atoms with Gasteiger partial charge < -0.3 is 0 Å². The fourth-order valence-corrected chi connectivity index (χ4v) is 1.95. The first-order valence-electron chi connectivity index (χ1n) is 4.30. The Labute approximate surface area is 73.4 Å². The van der Waals surface area contributed by atoms with Crippen molar-refractivity contribution in [3.63, 3.8) is 0 Å². The highest BCUT2D eigenvalue weighted by Gasteiger charge is 2.34. The van der Waals surface area contributed by atoms with Crippen molar-refractivity contribution in [2.45, 2.75) is 19.3 Å². The molecule has 0 atom stereocenters. The van der Waals surface area contributed by atoms with Crippen molar-refractivity contribution < 1.29 is 4.58 Å². The lowest BCUT2D eigenvalue weighted by Gasteiger charge is -2.09. The van der Waals surface area contributed by atoms with Gasteiger partial charge in [0.1, 0.15) is 7.05 Å². The van der Waals surface area contributed by atoms with Crippen molar-refractivity contribution in [1.29, 1.82) is 0 Å². The Morgan fingerprint density at radius 3 is 2.50 bits per heavy atom. The molecular formula is C11H14N+. The van der Waals surface area contributed by atoms with Crippen LogP contribution in [0.5, 0.6) is 0 Å². The molecule has 0 radical (unpaired) electrons. The quantitative estimate of drug-likeness (QED) is 0.512. The summed E-state index contributed by atoms with van der Waals surface area (Å²) in [6.45, 7) is 4.49. The SMILES string of the molecule is C[N+]1=CC(C)(C)c2ccccc21. The molecule has 2 rings (SSSR count). The van der Waals surface area contributed by atoms with E-state index in [1.54, 1.807) is 0 Å². The number of hydrogen-bond acceptors (Lipinski definition) is 0. The van der Waals surface area contributed by atoms with Gasteiger partial charge in [0.15, 0.2) is 6.21 Å². The van der Waals surface area contributed by atoms with Crippen LogP contribution in [-0.4, -0.2) is 17.8 Å². The molecule has 0 amide bonds. The lowest BCUT2D eigenvalue weighted by Crippen LogP contribution is -2.15. The largest absolute Gasteiger partial charge is 0.209 e. The van der Waals surface area contributed by atoms with Crippen molar-refractivity contribution in [2.24, 2.45) is 0 Å². The predicted molar refractivity (Wildman–Crippen MR) is 51.4 cm³/mol. The molecule has 0 spiro atoms. The second-order valence-electron chi connectivity index (χ2n) is 3.98. The lowest BCUT2D eigenvalue weighted by molar-refractivity contribution is -0.397. The van der Waals surface area contributed by atoms with Gasteiger partial charge >= 0.3 is 0 Å². The van der Waals surface area contributed by atoms with E-state index in [-0.39, 0.29) is 5.41 Å². The molecule has 1 heterocycles. The molecule has 1 aliphatic rings. The number of para-hydroxylation sites is 1. The Morgan fingerprint density at radius 2 is 1.83 bits per heavy atom. The number of nitrogens with zero attached hydrogens (tertiary/aromatic N) is 1. The summed E-state index contributed by atoms with van der Waals surface area (Å²) >= 11 is 0. The van der Waals surface area contributed by atoms with Crippen LogP contribution in [0.2, 0.25) is 0 Å². The Balaban J connectivity index is 2.68. The summed E-state index contributed by atoms with van der Waals surface area (Å²) in [5.74, 6) is 0. The van der Waals surface area contributed by atoms with Crippen LogP contribution in [0.4, 0.5) is 5.69 Å². The maximum atomic E-state index is 2.26. The highest BCUT2D eigenvalue weighted by atomic mass is 15.0. The van der Waals surface area contributed by atoms with Crippen molar-refractivity contribution in [2.75, 3.05) is 7.05 Å². The Hall–Kier alpha value is -1.11. The monoisotopic (exact) mass is 160 g/mol. The van der Waals surface area contributed by atoms with Gasteiger partial charge in [-0.15, -0.1) is 0 Å². The Bertz CT molecular complexity index is 348. The van der Waals surface area contributed by atoms with Crippen LogP contribution in [0, 0.1) is 0 Å². The maximum Gasteiger partial charge on any atom is 0.209 e. The topological polar surface area (TPSA) is 3.01 Å². The third-order valence-electron chi connectivity index (χ3n) is 2.49. The fourth-order valence-electron chi connectivity index (χ4n) is 1.95. The first kappa shape index (κ1) is 7.53. The normalized spacial score (nSPS) is 18.8. The second-order valence-corrected chi connectivity index (χ2v) is 3.98. The first-order valence-corrected chi connectivity index (χ1v) is 4.30. The van der Waals surface area contributed by atoms with Crippen LogP contribution in [0.3, 0.4) is 0 Å². The van der Waals surface area contributed by atoms with Crippen LogP contribution in [0.15, 0.2) is 24.3 Å². The molecule has 0 saturated carbocycles. The highest BCUT2D eigenvalue weighted by Crippen LogP contribution is 2.34. The molecule has 1 nitrogen and oxygen atoms in total. The zero-order valence-electron chi connectivity index (χ0n) is 7.83. The van der Waals surface area contributed by atoms with E-state index in [4.69, 9.17) is 0 Å². The third-order valence-corrected chi connectivity index (χ3v) is 2.49. The summed E-state index contributed by atoms with van der Waals surface area (Å²) in [6, 6.07) is 8.56. The highest BCUT2D eigenvalue weighted by molar-refractivity contribution is 5.76. The van der Waals surface area contributed by atoms with Crippen LogP contribution in [0.25, 0.3) is 0 Å². The molecule has 1 aromatic rings. The minimum atomic E-state index is 0.200. The van der Waals surface area contributed by atoms with E-state index in [9.17, 15) is 0 Å². The molecule has 0 N–H and O–H groups in total. The average Bonchev–Trinajstić information content (AvgIpc) is 2.25. The van der Waals surface area contributed by atoms with Crippen LogP contribution >= 0.6 is 0 Å². The van der Waals surface area contributed by atoms with E-state index >= 15 is 0 Å². The molecule has 0 aliphatic carbocycles.